The Bertz CT molecular complexity index is 787. The number of hydrogen-bond donors (Lipinski definition) is 1. The van der Waals surface area contributed by atoms with Crippen LogP contribution >= 0.6 is 7.92 Å². The summed E-state index contributed by atoms with van der Waals surface area (Å²) < 4.78 is 0. The van der Waals surface area contributed by atoms with Crippen molar-refractivity contribution in [1.29, 1.82) is 0 Å². The second-order valence-electron chi connectivity index (χ2n) is 5.74. The Kier molecular flexibility index (Phi) is 3.82. The Labute approximate surface area is 127 Å². The molecule has 0 amide bonds. The van der Waals surface area contributed by atoms with Gasteiger partial charge >= 0.3 is 0 Å². The van der Waals surface area contributed by atoms with E-state index in [2.05, 4.69) is 67.6 Å². The Morgan fingerprint density at radius 2 is 1.90 bits per heavy atom. The van der Waals surface area contributed by atoms with E-state index >= 15 is 0 Å². The highest BCUT2D eigenvalue weighted by Crippen LogP contribution is 2.29. The van der Waals surface area contributed by atoms with Gasteiger partial charge in [0.2, 0.25) is 0 Å². The Morgan fingerprint density at radius 1 is 1.10 bits per heavy atom. The van der Waals surface area contributed by atoms with Crippen molar-refractivity contribution < 1.29 is 0 Å². The van der Waals surface area contributed by atoms with Crippen molar-refractivity contribution in [3.63, 3.8) is 0 Å². The molecule has 3 aromatic rings. The lowest BCUT2D eigenvalue weighted by molar-refractivity contribution is 1.15. The number of fused-ring (bicyclic) bond motifs is 1. The third kappa shape index (κ3) is 2.73. The molecule has 0 radical (unpaired) electrons. The number of nitrogens with one attached hydrogen (secondary N) is 1. The first-order chi connectivity index (χ1) is 10.1. The van der Waals surface area contributed by atoms with Gasteiger partial charge in [0.1, 0.15) is 5.65 Å². The summed E-state index contributed by atoms with van der Waals surface area (Å²) in [6.07, 6.45) is 5.07. The zero-order valence-corrected chi connectivity index (χ0v) is 14.0. The first-order valence-electron chi connectivity index (χ1n) is 7.34. The van der Waals surface area contributed by atoms with Crippen LogP contribution in [0.5, 0.6) is 0 Å². The highest BCUT2D eigenvalue weighted by molar-refractivity contribution is 7.64. The fourth-order valence-corrected chi connectivity index (χ4v) is 3.56. The molecule has 1 aromatic carbocycles. The van der Waals surface area contributed by atoms with Crippen molar-refractivity contribution in [2.45, 2.75) is 20.3 Å². The Hall–Kier alpha value is -1.66. The van der Waals surface area contributed by atoms with Crippen molar-refractivity contribution in [2.24, 2.45) is 0 Å². The summed E-state index contributed by atoms with van der Waals surface area (Å²) in [4.78, 5) is 7.83. The van der Waals surface area contributed by atoms with Crippen molar-refractivity contribution in [2.75, 3.05) is 13.3 Å². The first-order valence-corrected chi connectivity index (χ1v) is 9.57. The molecule has 0 aliphatic heterocycles. The predicted octanol–water partition coefficient (Wildman–Crippen LogP) is 4.47. The molecule has 108 valence electrons. The third-order valence-corrected chi connectivity index (χ3v) is 5.20. The van der Waals surface area contributed by atoms with Crippen molar-refractivity contribution in [3.05, 3.63) is 47.8 Å². The van der Waals surface area contributed by atoms with Gasteiger partial charge in [-0.2, -0.15) is 0 Å². The maximum absolute atomic E-state index is 4.58. The van der Waals surface area contributed by atoms with Crippen LogP contribution < -0.4 is 5.30 Å². The lowest BCUT2D eigenvalue weighted by atomic mass is 10.0. The zero-order valence-electron chi connectivity index (χ0n) is 13.1. The number of aromatic nitrogens is 2. The van der Waals surface area contributed by atoms with Gasteiger partial charge in [-0.3, -0.25) is 0 Å². The molecule has 2 nitrogen and oxygen atoms in total. The molecule has 0 bridgehead atoms. The van der Waals surface area contributed by atoms with Crippen LogP contribution in [0.4, 0.5) is 0 Å². The molecule has 21 heavy (non-hydrogen) atoms. The number of benzene rings is 1. The number of rotatable bonds is 3. The van der Waals surface area contributed by atoms with Crippen LogP contribution in [0, 0.1) is 6.92 Å². The van der Waals surface area contributed by atoms with E-state index in [9.17, 15) is 0 Å². The highest BCUT2D eigenvalue weighted by atomic mass is 31.1. The fraction of sp³-hybridized carbons (Fsp3) is 0.278. The number of aromatic amines is 1. The summed E-state index contributed by atoms with van der Waals surface area (Å²) in [5, 5.41) is 2.69. The van der Waals surface area contributed by atoms with Gasteiger partial charge in [-0.1, -0.05) is 27.0 Å². The van der Waals surface area contributed by atoms with Crippen LogP contribution in [-0.2, 0) is 6.42 Å². The molecular weight excluding hydrogens is 275 g/mol. The topological polar surface area (TPSA) is 28.7 Å². The minimum absolute atomic E-state index is 0.0796. The molecule has 0 aliphatic rings. The highest BCUT2D eigenvalue weighted by Gasteiger charge is 2.08. The van der Waals surface area contributed by atoms with Gasteiger partial charge < -0.3 is 4.98 Å². The SMILES string of the molecule is CCc1c[nH]c2ncc(-c3cc(C)cc(P(C)C)c3)cc12. The van der Waals surface area contributed by atoms with Crippen LogP contribution in [0.15, 0.2) is 36.7 Å². The number of aryl methyl sites for hydroxylation is 2. The minimum Gasteiger partial charge on any atom is -0.346 e. The predicted molar refractivity (Wildman–Crippen MR) is 94.0 cm³/mol. The van der Waals surface area contributed by atoms with E-state index in [1.165, 1.54) is 32.9 Å². The fourth-order valence-electron chi connectivity index (χ4n) is 2.70. The van der Waals surface area contributed by atoms with Gasteiger partial charge in [0, 0.05) is 23.3 Å². The lowest BCUT2D eigenvalue weighted by Crippen LogP contribution is -2.00. The molecule has 2 aromatic heterocycles. The Balaban J connectivity index is 2.15. The van der Waals surface area contributed by atoms with Crippen molar-refractivity contribution in [1.82, 2.24) is 9.97 Å². The van der Waals surface area contributed by atoms with Gasteiger partial charge in [-0.15, -0.1) is 0 Å². The standard InChI is InChI=1S/C18H21N2P/c1-5-13-10-19-18-17(13)9-15(11-20-18)14-6-12(2)7-16(8-14)21(3)4/h6-11H,5H2,1-4H3,(H,19,20). The van der Waals surface area contributed by atoms with E-state index in [0.29, 0.717) is 0 Å². The van der Waals surface area contributed by atoms with Crippen molar-refractivity contribution >= 4 is 24.3 Å². The van der Waals surface area contributed by atoms with Gasteiger partial charge in [0.05, 0.1) is 0 Å². The van der Waals surface area contributed by atoms with E-state index in [0.717, 1.165) is 12.1 Å². The number of hydrogen-bond acceptors (Lipinski definition) is 1. The molecule has 3 rings (SSSR count). The Morgan fingerprint density at radius 3 is 2.62 bits per heavy atom. The summed E-state index contributed by atoms with van der Waals surface area (Å²) in [7, 11) is -0.0796. The number of H-pyrrole nitrogens is 1. The minimum atomic E-state index is -0.0796. The van der Waals surface area contributed by atoms with E-state index in [-0.39, 0.29) is 7.92 Å². The average molecular weight is 296 g/mol. The van der Waals surface area contributed by atoms with Crippen LogP contribution in [0.1, 0.15) is 18.1 Å². The number of pyridine rings is 1. The maximum Gasteiger partial charge on any atom is 0.137 e. The van der Waals surface area contributed by atoms with Crippen LogP contribution in [0.3, 0.4) is 0 Å². The molecule has 0 spiro atoms. The molecular formula is C18H21N2P. The largest absolute Gasteiger partial charge is 0.346 e. The van der Waals surface area contributed by atoms with E-state index in [4.69, 9.17) is 0 Å². The summed E-state index contributed by atoms with van der Waals surface area (Å²) in [6.45, 7) is 8.96. The third-order valence-electron chi connectivity index (χ3n) is 3.91. The average Bonchev–Trinajstić information content (AvgIpc) is 2.88. The van der Waals surface area contributed by atoms with Crippen LogP contribution in [-0.4, -0.2) is 23.3 Å². The molecule has 0 saturated carbocycles. The molecule has 0 unspecified atom stereocenters. The quantitative estimate of drug-likeness (QED) is 0.710. The molecule has 3 heteroatoms. The first kappa shape index (κ1) is 14.3. The molecule has 0 atom stereocenters. The molecule has 0 aliphatic carbocycles. The van der Waals surface area contributed by atoms with E-state index in [1.54, 1.807) is 0 Å². The molecule has 1 N–H and O–H groups in total. The van der Waals surface area contributed by atoms with Gasteiger partial charge in [-0.05, 0) is 60.8 Å². The van der Waals surface area contributed by atoms with Crippen LogP contribution in [0.2, 0.25) is 0 Å². The monoisotopic (exact) mass is 296 g/mol. The van der Waals surface area contributed by atoms with Crippen molar-refractivity contribution in [3.8, 4) is 11.1 Å². The molecule has 0 fully saturated rings. The molecule has 0 saturated heterocycles. The summed E-state index contributed by atoms with van der Waals surface area (Å²) in [6, 6.07) is 9.14. The van der Waals surface area contributed by atoms with E-state index < -0.39 is 0 Å². The number of nitrogens with zero attached hydrogens (tertiary/aromatic N) is 1. The lowest BCUT2D eigenvalue weighted by Gasteiger charge is -2.11. The van der Waals surface area contributed by atoms with E-state index in [1.807, 2.05) is 6.20 Å². The van der Waals surface area contributed by atoms with Crippen LogP contribution in [0.25, 0.3) is 22.2 Å². The molecule has 2 heterocycles. The second kappa shape index (κ2) is 5.61. The van der Waals surface area contributed by atoms with Gasteiger partial charge in [-0.25, -0.2) is 4.98 Å². The second-order valence-corrected chi connectivity index (χ2v) is 8.04. The van der Waals surface area contributed by atoms with Gasteiger partial charge in [0.25, 0.3) is 0 Å². The normalized spacial score (nSPS) is 11.5. The summed E-state index contributed by atoms with van der Waals surface area (Å²) in [5.74, 6) is 0. The maximum atomic E-state index is 4.58. The summed E-state index contributed by atoms with van der Waals surface area (Å²) in [5.41, 5.74) is 6.12. The zero-order chi connectivity index (χ0) is 15.0. The smallest absolute Gasteiger partial charge is 0.137 e. The summed E-state index contributed by atoms with van der Waals surface area (Å²) >= 11 is 0. The van der Waals surface area contributed by atoms with Gasteiger partial charge in [0.15, 0.2) is 0 Å².